The Hall–Kier alpha value is -2.71. The molecule has 0 aliphatic carbocycles. The molecule has 9 heteroatoms. The van der Waals surface area contributed by atoms with E-state index < -0.39 is 5.09 Å². The van der Waals surface area contributed by atoms with Gasteiger partial charge in [-0.3, -0.25) is 5.41 Å². The number of phenols is 1. The van der Waals surface area contributed by atoms with E-state index in [-0.39, 0.29) is 11.7 Å². The van der Waals surface area contributed by atoms with Gasteiger partial charge < -0.3 is 26.1 Å². The zero-order chi connectivity index (χ0) is 13.4. The zero-order valence-electron chi connectivity index (χ0n) is 8.88. The summed E-state index contributed by atoms with van der Waals surface area (Å²) in [6.07, 6.45) is 0. The summed E-state index contributed by atoms with van der Waals surface area (Å²) >= 11 is 0. The van der Waals surface area contributed by atoms with Crippen molar-refractivity contribution in [2.45, 2.75) is 0 Å². The largest absolute Gasteiger partial charge is 0.504 e. The number of aromatic hydroxyl groups is 1. The lowest BCUT2D eigenvalue weighted by Crippen LogP contribution is -2.20. The van der Waals surface area contributed by atoms with Crippen LogP contribution in [-0.2, 0) is 0 Å². The highest BCUT2D eigenvalue weighted by Gasteiger charge is 2.01. The fraction of sp³-hybridized carbons (Fsp3) is 0.125. The van der Waals surface area contributed by atoms with Crippen molar-refractivity contribution >= 4 is 11.6 Å². The molecule has 0 aliphatic heterocycles. The second-order valence-corrected chi connectivity index (χ2v) is 2.66. The summed E-state index contributed by atoms with van der Waals surface area (Å²) in [5, 5.41) is 32.5. The van der Waals surface area contributed by atoms with Crippen LogP contribution in [-0.4, -0.2) is 28.5 Å². The molecular weight excluding hydrogens is 232 g/mol. The van der Waals surface area contributed by atoms with E-state index in [0.717, 1.165) is 0 Å². The molecule has 6 N–H and O–H groups in total. The lowest BCUT2D eigenvalue weighted by Gasteiger charge is -2.06. The van der Waals surface area contributed by atoms with Crippen molar-refractivity contribution in [3.05, 3.63) is 28.3 Å². The zero-order valence-corrected chi connectivity index (χ0v) is 8.88. The van der Waals surface area contributed by atoms with E-state index in [1.807, 2.05) is 0 Å². The van der Waals surface area contributed by atoms with Gasteiger partial charge in [0.1, 0.15) is 0 Å². The molecule has 0 aliphatic rings. The Morgan fingerprint density at radius 1 is 1.65 bits per heavy atom. The van der Waals surface area contributed by atoms with Crippen molar-refractivity contribution in [2.75, 3.05) is 12.4 Å². The Kier molecular flexibility index (Phi) is 5.64. The third-order valence-corrected chi connectivity index (χ3v) is 1.46. The fourth-order valence-electron chi connectivity index (χ4n) is 0.923. The average molecular weight is 244 g/mol. The number of phenolic OH excluding ortho intramolecular Hbond substituents is 1. The number of benzene rings is 1. The summed E-state index contributed by atoms with van der Waals surface area (Å²) in [4.78, 5) is 8.36. The second kappa shape index (κ2) is 6.71. The van der Waals surface area contributed by atoms with Crippen LogP contribution in [0, 0.1) is 15.5 Å². The minimum atomic E-state index is -1.50. The molecule has 0 radical (unpaired) electrons. The molecule has 0 unspecified atom stereocenters. The van der Waals surface area contributed by atoms with Gasteiger partial charge in [-0.2, -0.15) is 0 Å². The highest BCUT2D eigenvalue weighted by molar-refractivity contribution is 5.90. The first-order chi connectivity index (χ1) is 7.86. The number of nitrogens with zero attached hydrogens (tertiary/aromatic N) is 1. The van der Waals surface area contributed by atoms with Crippen molar-refractivity contribution in [2.24, 2.45) is 5.73 Å². The molecule has 0 aromatic heterocycles. The number of nitrogens with two attached hydrogens (primary N) is 1. The number of hydrogen-bond acceptors (Lipinski definition) is 5. The topological polar surface area (TPSA) is 155 Å². The number of ether oxygens (including phenoxy) is 1. The number of hydrogen-bond donors (Lipinski definition) is 5. The van der Waals surface area contributed by atoms with Crippen LogP contribution in [0.3, 0.4) is 0 Å². The number of rotatable bonds is 2. The maximum atomic E-state index is 9.33. The smallest absolute Gasteiger partial charge is 0.291 e. The van der Waals surface area contributed by atoms with E-state index in [9.17, 15) is 5.11 Å². The molecule has 17 heavy (non-hydrogen) atoms. The average Bonchev–Trinajstić information content (AvgIpc) is 2.16. The normalized spacial score (nSPS) is 8.53. The molecule has 0 saturated heterocycles. The summed E-state index contributed by atoms with van der Waals surface area (Å²) in [5.41, 5.74) is 5.65. The maximum absolute atomic E-state index is 9.33. The third-order valence-electron chi connectivity index (χ3n) is 1.46. The molecule has 1 rings (SSSR count). The molecule has 1 aromatic rings. The van der Waals surface area contributed by atoms with Crippen LogP contribution in [0.25, 0.3) is 0 Å². The van der Waals surface area contributed by atoms with Crippen LogP contribution in [0.15, 0.2) is 18.2 Å². The first-order valence-corrected chi connectivity index (χ1v) is 4.18. The molecule has 0 heterocycles. The fourth-order valence-corrected chi connectivity index (χ4v) is 0.923. The summed E-state index contributed by atoms with van der Waals surface area (Å²) in [5.74, 6) is 0.215. The quantitative estimate of drug-likeness (QED) is 0.217. The first-order valence-electron chi connectivity index (χ1n) is 4.18. The van der Waals surface area contributed by atoms with Gasteiger partial charge in [0.25, 0.3) is 5.09 Å². The number of nitrogens with one attached hydrogen (secondary N) is 2. The van der Waals surface area contributed by atoms with E-state index >= 15 is 0 Å². The summed E-state index contributed by atoms with van der Waals surface area (Å²) < 4.78 is 4.84. The SMILES string of the molecule is COc1ccc(NC(=N)N)cc1O.O=[N+]([O-])O. The predicted octanol–water partition coefficient (Wildman–Crippen LogP) is 0.358. The highest BCUT2D eigenvalue weighted by Crippen LogP contribution is 2.28. The molecule has 1 aromatic carbocycles. The standard InChI is InChI=1S/C8H11N3O2.HNO3/c1-13-7-3-2-5(4-6(7)12)11-8(9)10;2-1(3)4/h2-4,12H,1H3,(H4,9,10,11);(H,2,3,4). The summed E-state index contributed by atoms with van der Waals surface area (Å²) in [6.45, 7) is 0. The Morgan fingerprint density at radius 3 is 2.53 bits per heavy atom. The van der Waals surface area contributed by atoms with Crippen LogP contribution >= 0.6 is 0 Å². The molecule has 0 spiro atoms. The van der Waals surface area contributed by atoms with E-state index in [1.54, 1.807) is 12.1 Å². The first kappa shape index (κ1) is 14.3. The lowest BCUT2D eigenvalue weighted by atomic mass is 10.3. The summed E-state index contributed by atoms with van der Waals surface area (Å²) in [7, 11) is 1.47. The Balaban J connectivity index is 0.000000557. The van der Waals surface area contributed by atoms with Gasteiger partial charge in [0, 0.05) is 11.8 Å². The molecule has 0 atom stereocenters. The number of guanidine groups is 1. The van der Waals surface area contributed by atoms with Crippen LogP contribution < -0.4 is 15.8 Å². The van der Waals surface area contributed by atoms with Gasteiger partial charge in [-0.1, -0.05) is 0 Å². The van der Waals surface area contributed by atoms with E-state index in [2.05, 4.69) is 5.32 Å². The highest BCUT2D eigenvalue weighted by atomic mass is 16.9. The van der Waals surface area contributed by atoms with Crippen molar-refractivity contribution in [3.8, 4) is 11.5 Å². The van der Waals surface area contributed by atoms with Gasteiger partial charge in [-0.15, -0.1) is 10.1 Å². The van der Waals surface area contributed by atoms with Crippen LogP contribution in [0.5, 0.6) is 11.5 Å². The van der Waals surface area contributed by atoms with Crippen LogP contribution in [0.4, 0.5) is 5.69 Å². The molecular formula is C8H12N4O5. The Morgan fingerprint density at radius 2 is 2.18 bits per heavy atom. The van der Waals surface area contributed by atoms with Crippen molar-refractivity contribution in [1.82, 2.24) is 0 Å². The molecule has 0 amide bonds. The molecule has 0 saturated carbocycles. The molecule has 0 fully saturated rings. The van der Waals surface area contributed by atoms with Crippen molar-refractivity contribution < 1.29 is 20.1 Å². The third kappa shape index (κ3) is 6.38. The lowest BCUT2D eigenvalue weighted by molar-refractivity contribution is -0.742. The minimum Gasteiger partial charge on any atom is -0.504 e. The van der Waals surface area contributed by atoms with Gasteiger partial charge in [0.2, 0.25) is 0 Å². The van der Waals surface area contributed by atoms with Gasteiger partial charge in [-0.25, -0.2) is 0 Å². The summed E-state index contributed by atoms with van der Waals surface area (Å²) in [6, 6.07) is 4.67. The Labute approximate surface area is 96.1 Å². The monoisotopic (exact) mass is 244 g/mol. The van der Waals surface area contributed by atoms with E-state index in [1.165, 1.54) is 13.2 Å². The Bertz CT molecular complexity index is 405. The van der Waals surface area contributed by atoms with Gasteiger partial charge >= 0.3 is 0 Å². The number of methoxy groups -OCH3 is 1. The van der Waals surface area contributed by atoms with Gasteiger partial charge in [0.05, 0.1) is 7.11 Å². The van der Waals surface area contributed by atoms with E-state index in [4.69, 9.17) is 31.2 Å². The van der Waals surface area contributed by atoms with Crippen LogP contribution in [0.2, 0.25) is 0 Å². The maximum Gasteiger partial charge on any atom is 0.291 e. The van der Waals surface area contributed by atoms with Gasteiger partial charge in [-0.05, 0) is 12.1 Å². The van der Waals surface area contributed by atoms with Gasteiger partial charge in [0.15, 0.2) is 17.5 Å². The molecule has 9 nitrogen and oxygen atoms in total. The van der Waals surface area contributed by atoms with Crippen molar-refractivity contribution in [1.29, 1.82) is 5.41 Å². The second-order valence-electron chi connectivity index (χ2n) is 2.66. The molecule has 0 bridgehead atoms. The van der Waals surface area contributed by atoms with Crippen LogP contribution in [0.1, 0.15) is 0 Å². The molecule has 94 valence electrons. The van der Waals surface area contributed by atoms with Crippen molar-refractivity contribution in [3.63, 3.8) is 0 Å². The minimum absolute atomic E-state index is 0.00810. The predicted molar refractivity (Wildman–Crippen MR) is 59.0 cm³/mol. The van der Waals surface area contributed by atoms with E-state index in [0.29, 0.717) is 11.4 Å². The number of anilines is 1.